The molecule has 0 bridgehead atoms. The second-order valence-corrected chi connectivity index (χ2v) is 4.42. The molecule has 2 N–H and O–H groups in total. The van der Waals surface area contributed by atoms with Gasteiger partial charge in [-0.15, -0.1) is 0 Å². The van der Waals surface area contributed by atoms with Crippen LogP contribution >= 0.6 is 15.9 Å². The van der Waals surface area contributed by atoms with Gasteiger partial charge in [0.05, 0.1) is 5.69 Å². The van der Waals surface area contributed by atoms with Crippen molar-refractivity contribution < 1.29 is 9.59 Å². The Bertz CT molecular complexity index is 450. The van der Waals surface area contributed by atoms with Crippen LogP contribution in [0.15, 0.2) is 18.5 Å². The third-order valence-corrected chi connectivity index (χ3v) is 3.18. The normalized spacial score (nSPS) is 19.9. The van der Waals surface area contributed by atoms with Crippen molar-refractivity contribution in [2.75, 3.05) is 5.32 Å². The van der Waals surface area contributed by atoms with Crippen molar-refractivity contribution in [1.82, 2.24) is 10.3 Å². The van der Waals surface area contributed by atoms with Crippen LogP contribution in [0.3, 0.4) is 0 Å². The largest absolute Gasteiger partial charge is 0.372 e. The Kier molecular flexibility index (Phi) is 3.73. The van der Waals surface area contributed by atoms with Crippen LogP contribution in [0, 0.1) is 0 Å². The van der Waals surface area contributed by atoms with Crippen molar-refractivity contribution in [3.05, 3.63) is 24.0 Å². The zero-order valence-corrected chi connectivity index (χ0v) is 10.7. The Labute approximate surface area is 107 Å². The van der Waals surface area contributed by atoms with E-state index in [1.165, 1.54) is 0 Å². The summed E-state index contributed by atoms with van der Waals surface area (Å²) in [5.74, 6) is -0.481. The number of amides is 2. The number of carbonyl (C=O) groups is 2. The van der Waals surface area contributed by atoms with Crippen LogP contribution < -0.4 is 10.6 Å². The van der Waals surface area contributed by atoms with Crippen molar-refractivity contribution in [1.29, 1.82) is 0 Å². The zero-order chi connectivity index (χ0) is 12.3. The lowest BCUT2D eigenvalue weighted by molar-refractivity contribution is -0.133. The summed E-state index contributed by atoms with van der Waals surface area (Å²) in [5, 5.41) is 6.10. The first-order valence-corrected chi connectivity index (χ1v) is 6.41. The highest BCUT2D eigenvalue weighted by Crippen LogP contribution is 2.15. The Morgan fingerprint density at radius 1 is 1.47 bits per heavy atom. The molecule has 17 heavy (non-hydrogen) atoms. The van der Waals surface area contributed by atoms with Gasteiger partial charge in [-0.2, -0.15) is 0 Å². The van der Waals surface area contributed by atoms with Gasteiger partial charge in [-0.3, -0.25) is 19.9 Å². The molecule has 0 radical (unpaired) electrons. The number of hydrogen-bond acceptors (Lipinski definition) is 4. The van der Waals surface area contributed by atoms with Crippen LogP contribution in [0.1, 0.15) is 18.4 Å². The average molecular weight is 298 g/mol. The number of imide groups is 1. The molecule has 1 unspecified atom stereocenters. The van der Waals surface area contributed by atoms with Crippen LogP contribution in [-0.4, -0.2) is 22.8 Å². The molecular formula is C11H12BrN3O2. The smallest absolute Gasteiger partial charge is 0.249 e. The van der Waals surface area contributed by atoms with E-state index in [4.69, 9.17) is 0 Å². The Balaban J connectivity index is 2.05. The number of hydrogen-bond donors (Lipinski definition) is 2. The van der Waals surface area contributed by atoms with Crippen molar-refractivity contribution in [3.8, 4) is 0 Å². The minimum atomic E-state index is -0.361. The lowest BCUT2D eigenvalue weighted by Gasteiger charge is -2.22. The predicted molar refractivity (Wildman–Crippen MR) is 66.7 cm³/mol. The summed E-state index contributed by atoms with van der Waals surface area (Å²) in [6.45, 7) is 0. The number of piperidine rings is 1. The first kappa shape index (κ1) is 12.0. The first-order chi connectivity index (χ1) is 8.19. The monoisotopic (exact) mass is 297 g/mol. The molecule has 5 nitrogen and oxygen atoms in total. The molecule has 1 aliphatic heterocycles. The molecule has 2 amide bonds. The van der Waals surface area contributed by atoms with E-state index in [1.807, 2.05) is 6.07 Å². The highest BCUT2D eigenvalue weighted by atomic mass is 79.9. The molecular weight excluding hydrogens is 286 g/mol. The topological polar surface area (TPSA) is 71.1 Å². The average Bonchev–Trinajstić information content (AvgIpc) is 2.33. The standard InChI is InChI=1S/C11H12BrN3O2/c12-4-7-3-8(6-13-5-7)14-9-1-2-10(16)15-11(9)17/h3,5-6,9,14H,1-2,4H2,(H,15,16,17). The van der Waals surface area contributed by atoms with E-state index in [2.05, 4.69) is 31.5 Å². The predicted octanol–water partition coefficient (Wildman–Crippen LogP) is 1.19. The van der Waals surface area contributed by atoms with E-state index in [9.17, 15) is 9.59 Å². The maximum absolute atomic E-state index is 11.5. The van der Waals surface area contributed by atoms with Crippen LogP contribution in [0.2, 0.25) is 0 Å². The Hall–Kier alpha value is -1.43. The molecule has 90 valence electrons. The SMILES string of the molecule is O=C1CCC(Nc2cncc(CBr)c2)C(=O)N1. The Morgan fingerprint density at radius 3 is 3.00 bits per heavy atom. The van der Waals surface area contributed by atoms with Gasteiger partial charge in [0, 0.05) is 24.1 Å². The maximum atomic E-state index is 11.5. The molecule has 0 spiro atoms. The fourth-order valence-corrected chi connectivity index (χ4v) is 1.98. The van der Waals surface area contributed by atoms with Crippen LogP contribution in [-0.2, 0) is 14.9 Å². The third kappa shape index (κ3) is 3.03. The fraction of sp³-hybridized carbons (Fsp3) is 0.364. The van der Waals surface area contributed by atoms with Gasteiger partial charge >= 0.3 is 0 Å². The van der Waals surface area contributed by atoms with Crippen molar-refractivity contribution in [3.63, 3.8) is 0 Å². The number of nitrogens with zero attached hydrogens (tertiary/aromatic N) is 1. The van der Waals surface area contributed by atoms with E-state index in [1.54, 1.807) is 12.4 Å². The number of aromatic nitrogens is 1. The summed E-state index contributed by atoms with van der Waals surface area (Å²) in [6.07, 6.45) is 4.30. The van der Waals surface area contributed by atoms with E-state index in [0.717, 1.165) is 11.3 Å². The first-order valence-electron chi connectivity index (χ1n) is 5.29. The van der Waals surface area contributed by atoms with Crippen molar-refractivity contribution >= 4 is 33.4 Å². The van der Waals surface area contributed by atoms with Gasteiger partial charge in [0.25, 0.3) is 0 Å². The number of nitrogens with one attached hydrogen (secondary N) is 2. The number of carbonyl (C=O) groups excluding carboxylic acids is 2. The van der Waals surface area contributed by atoms with Crippen LogP contribution in [0.5, 0.6) is 0 Å². The molecule has 0 aromatic carbocycles. The minimum absolute atomic E-state index is 0.208. The zero-order valence-electron chi connectivity index (χ0n) is 9.07. The molecule has 2 heterocycles. The Morgan fingerprint density at radius 2 is 2.29 bits per heavy atom. The van der Waals surface area contributed by atoms with Gasteiger partial charge in [0.2, 0.25) is 11.8 Å². The number of alkyl halides is 1. The molecule has 1 aromatic rings. The molecule has 1 aromatic heterocycles. The van der Waals surface area contributed by atoms with E-state index < -0.39 is 0 Å². The van der Waals surface area contributed by atoms with Gasteiger partial charge in [0.15, 0.2) is 0 Å². The van der Waals surface area contributed by atoms with Gasteiger partial charge in [-0.05, 0) is 18.1 Å². The minimum Gasteiger partial charge on any atom is -0.372 e. The van der Waals surface area contributed by atoms with Gasteiger partial charge < -0.3 is 5.32 Å². The van der Waals surface area contributed by atoms with E-state index in [-0.39, 0.29) is 17.9 Å². The summed E-state index contributed by atoms with van der Waals surface area (Å²) in [4.78, 5) is 26.6. The molecule has 0 saturated carbocycles. The summed E-state index contributed by atoms with van der Waals surface area (Å²) in [7, 11) is 0. The molecule has 1 aliphatic rings. The fourth-order valence-electron chi connectivity index (χ4n) is 1.67. The maximum Gasteiger partial charge on any atom is 0.249 e. The van der Waals surface area contributed by atoms with Crippen LogP contribution in [0.25, 0.3) is 0 Å². The highest BCUT2D eigenvalue weighted by molar-refractivity contribution is 9.08. The van der Waals surface area contributed by atoms with E-state index >= 15 is 0 Å². The third-order valence-electron chi connectivity index (χ3n) is 2.53. The van der Waals surface area contributed by atoms with Crippen LogP contribution in [0.4, 0.5) is 5.69 Å². The van der Waals surface area contributed by atoms with Gasteiger partial charge in [0.1, 0.15) is 6.04 Å². The second kappa shape index (κ2) is 5.27. The molecule has 2 rings (SSSR count). The molecule has 1 saturated heterocycles. The summed E-state index contributed by atoms with van der Waals surface area (Å²) >= 11 is 3.34. The summed E-state index contributed by atoms with van der Waals surface area (Å²) in [6, 6.07) is 1.56. The van der Waals surface area contributed by atoms with Crippen molar-refractivity contribution in [2.24, 2.45) is 0 Å². The van der Waals surface area contributed by atoms with Gasteiger partial charge in [-0.1, -0.05) is 15.9 Å². The molecule has 0 aliphatic carbocycles. The number of anilines is 1. The lowest BCUT2D eigenvalue weighted by Crippen LogP contribution is -2.47. The highest BCUT2D eigenvalue weighted by Gasteiger charge is 2.26. The second-order valence-electron chi connectivity index (χ2n) is 3.86. The number of rotatable bonds is 3. The van der Waals surface area contributed by atoms with E-state index in [0.29, 0.717) is 18.2 Å². The summed E-state index contributed by atoms with van der Waals surface area (Å²) < 4.78 is 0. The van der Waals surface area contributed by atoms with Crippen molar-refractivity contribution in [2.45, 2.75) is 24.2 Å². The quantitative estimate of drug-likeness (QED) is 0.649. The molecule has 1 fully saturated rings. The lowest BCUT2D eigenvalue weighted by atomic mass is 10.1. The molecule has 1 atom stereocenters. The number of halogens is 1. The molecule has 6 heteroatoms. The number of pyridine rings is 1. The van der Waals surface area contributed by atoms with Gasteiger partial charge in [-0.25, -0.2) is 0 Å². The summed E-state index contributed by atoms with van der Waals surface area (Å²) in [5.41, 5.74) is 1.82.